The Morgan fingerprint density at radius 3 is 2.88 bits per heavy atom. The molecular weight excluding hydrogens is 304 g/mol. The monoisotopic (exact) mass is 326 g/mol. The smallest absolute Gasteiger partial charge is 0.322 e. The highest BCUT2D eigenvalue weighted by Gasteiger charge is 2.58. The van der Waals surface area contributed by atoms with Crippen molar-refractivity contribution < 1.29 is 9.59 Å². The second kappa shape index (κ2) is 5.33. The highest BCUT2D eigenvalue weighted by molar-refractivity contribution is 5.93. The van der Waals surface area contributed by atoms with E-state index in [0.717, 1.165) is 18.8 Å². The zero-order valence-electron chi connectivity index (χ0n) is 14.0. The molecule has 3 aliphatic rings. The summed E-state index contributed by atoms with van der Waals surface area (Å²) in [5, 5.41) is 0. The molecule has 0 aromatic carbocycles. The maximum Gasteiger partial charge on any atom is 0.336 e. The van der Waals surface area contributed by atoms with E-state index in [0.29, 0.717) is 23.4 Å². The van der Waals surface area contributed by atoms with Crippen LogP contribution in [0.5, 0.6) is 0 Å². The zero-order valence-corrected chi connectivity index (χ0v) is 14.0. The Labute approximate surface area is 141 Å². The first-order valence-corrected chi connectivity index (χ1v) is 8.44. The molecule has 6 nitrogen and oxygen atoms in total. The van der Waals surface area contributed by atoms with Crippen LogP contribution in [0.1, 0.15) is 29.5 Å². The van der Waals surface area contributed by atoms with Crippen molar-refractivity contribution in [2.24, 2.45) is 23.2 Å². The molecule has 2 N–H and O–H groups in total. The van der Waals surface area contributed by atoms with Gasteiger partial charge in [0.2, 0.25) is 0 Å². The third-order valence-electron chi connectivity index (χ3n) is 5.97. The van der Waals surface area contributed by atoms with Crippen molar-refractivity contribution in [1.29, 1.82) is 0 Å². The fourth-order valence-corrected chi connectivity index (χ4v) is 4.65. The topological polar surface area (TPSA) is 74.3 Å². The summed E-state index contributed by atoms with van der Waals surface area (Å²) in [7, 11) is 0. The number of hydrazine groups is 1. The Morgan fingerprint density at radius 2 is 2.12 bits per heavy atom. The van der Waals surface area contributed by atoms with E-state index in [1.54, 1.807) is 12.1 Å². The molecule has 1 aromatic rings. The number of likely N-dealkylation sites (tertiary alicyclic amines) is 1. The lowest BCUT2D eigenvalue weighted by atomic mass is 9.72. The van der Waals surface area contributed by atoms with Crippen LogP contribution < -0.4 is 10.9 Å². The summed E-state index contributed by atoms with van der Waals surface area (Å²) in [6.07, 6.45) is 5.85. The number of allylic oxidation sites excluding steroid dienone is 2. The summed E-state index contributed by atoms with van der Waals surface area (Å²) < 4.78 is 0. The van der Waals surface area contributed by atoms with Crippen LogP contribution >= 0.6 is 0 Å². The molecule has 0 spiro atoms. The Morgan fingerprint density at radius 1 is 1.29 bits per heavy atom. The average Bonchev–Trinajstić information content (AvgIpc) is 3.22. The van der Waals surface area contributed by atoms with Crippen LogP contribution in [0.2, 0.25) is 0 Å². The summed E-state index contributed by atoms with van der Waals surface area (Å²) in [5.74, 6) is 1.31. The predicted octanol–water partition coefficient (Wildman–Crippen LogP) is 1.89. The maximum atomic E-state index is 12.4. The van der Waals surface area contributed by atoms with Crippen LogP contribution in [0, 0.1) is 30.1 Å². The molecular formula is C18H22N4O2. The molecule has 1 saturated heterocycles. The Balaban J connectivity index is 1.36. The predicted molar refractivity (Wildman–Crippen MR) is 88.9 cm³/mol. The van der Waals surface area contributed by atoms with Gasteiger partial charge in [-0.05, 0) is 48.6 Å². The molecule has 126 valence electrons. The molecule has 1 aromatic heterocycles. The Kier molecular flexibility index (Phi) is 3.37. The fraction of sp³-hybridized carbons (Fsp3) is 0.500. The van der Waals surface area contributed by atoms with E-state index < -0.39 is 5.91 Å². The van der Waals surface area contributed by atoms with Gasteiger partial charge >= 0.3 is 6.03 Å². The van der Waals surface area contributed by atoms with Crippen molar-refractivity contribution in [3.05, 3.63) is 41.7 Å². The standard InChI is InChI=1S/C18H22N4O2/c1-11-4-3-5-15(19-11)16(23)20-21-17(24)22-9-14-12-6-7-13(8-12)18(14,2)10-22/h3-7,12-14H,8-10H2,1-2H3,(H,20,23)(H,21,24)/t12-,13+,14-,18+/m1/s1. The van der Waals surface area contributed by atoms with Crippen LogP contribution in [0.4, 0.5) is 4.79 Å². The molecule has 2 bridgehead atoms. The molecule has 6 heteroatoms. The molecule has 1 saturated carbocycles. The highest BCUT2D eigenvalue weighted by atomic mass is 16.2. The van der Waals surface area contributed by atoms with E-state index in [2.05, 4.69) is 34.9 Å². The van der Waals surface area contributed by atoms with Crippen molar-refractivity contribution in [3.63, 3.8) is 0 Å². The van der Waals surface area contributed by atoms with Crippen LogP contribution in [0.3, 0.4) is 0 Å². The summed E-state index contributed by atoms with van der Waals surface area (Å²) in [6, 6.07) is 4.97. The van der Waals surface area contributed by atoms with Gasteiger partial charge in [-0.3, -0.25) is 10.2 Å². The van der Waals surface area contributed by atoms with Crippen LogP contribution in [-0.2, 0) is 0 Å². The number of aromatic nitrogens is 1. The van der Waals surface area contributed by atoms with Gasteiger partial charge in [-0.2, -0.15) is 0 Å². The van der Waals surface area contributed by atoms with Gasteiger partial charge in [0.1, 0.15) is 5.69 Å². The molecule has 3 amide bonds. The number of aryl methyl sites for hydroxylation is 1. The second-order valence-electron chi connectivity index (χ2n) is 7.43. The van der Waals surface area contributed by atoms with Gasteiger partial charge in [-0.1, -0.05) is 25.1 Å². The Bertz CT molecular complexity index is 731. The molecule has 2 heterocycles. The zero-order chi connectivity index (χ0) is 16.9. The summed E-state index contributed by atoms with van der Waals surface area (Å²) in [6.45, 7) is 5.61. The minimum Gasteiger partial charge on any atom is -0.322 e. The SMILES string of the molecule is Cc1cccc(C(=O)NNC(=O)N2C[C@@H]3[C@@H]4C=C[C@@H](C4)[C@]3(C)C2)n1. The number of carbonyl (C=O) groups is 2. The van der Waals surface area contributed by atoms with Gasteiger partial charge < -0.3 is 4.90 Å². The van der Waals surface area contributed by atoms with Crippen LogP contribution in [-0.4, -0.2) is 34.9 Å². The highest BCUT2D eigenvalue weighted by Crippen LogP contribution is 2.59. The van der Waals surface area contributed by atoms with Crippen LogP contribution in [0.15, 0.2) is 30.4 Å². The minimum atomic E-state index is -0.403. The van der Waals surface area contributed by atoms with E-state index in [4.69, 9.17) is 0 Å². The molecule has 4 atom stereocenters. The van der Waals surface area contributed by atoms with E-state index in [9.17, 15) is 9.59 Å². The van der Waals surface area contributed by atoms with E-state index in [-0.39, 0.29) is 11.4 Å². The van der Waals surface area contributed by atoms with Gasteiger partial charge in [-0.25, -0.2) is 15.2 Å². The number of rotatable bonds is 1. The molecule has 0 unspecified atom stereocenters. The van der Waals surface area contributed by atoms with Crippen molar-refractivity contribution in [2.75, 3.05) is 13.1 Å². The Hall–Kier alpha value is -2.37. The fourth-order valence-electron chi connectivity index (χ4n) is 4.65. The lowest BCUT2D eigenvalue weighted by Crippen LogP contribution is -2.49. The second-order valence-corrected chi connectivity index (χ2v) is 7.43. The summed E-state index contributed by atoms with van der Waals surface area (Å²) in [4.78, 5) is 30.5. The normalized spacial score (nSPS) is 32.8. The van der Waals surface area contributed by atoms with Crippen LogP contribution in [0.25, 0.3) is 0 Å². The lowest BCUT2D eigenvalue weighted by molar-refractivity contribution is 0.0925. The number of nitrogens with zero attached hydrogens (tertiary/aromatic N) is 2. The summed E-state index contributed by atoms with van der Waals surface area (Å²) in [5.41, 5.74) is 6.22. The molecule has 0 radical (unpaired) electrons. The number of pyridine rings is 1. The molecule has 2 fully saturated rings. The first-order valence-electron chi connectivity index (χ1n) is 8.44. The van der Waals surface area contributed by atoms with Crippen molar-refractivity contribution in [1.82, 2.24) is 20.7 Å². The number of hydrogen-bond acceptors (Lipinski definition) is 3. The van der Waals surface area contributed by atoms with Gasteiger partial charge in [0.15, 0.2) is 0 Å². The van der Waals surface area contributed by atoms with E-state index >= 15 is 0 Å². The maximum absolute atomic E-state index is 12.4. The van der Waals surface area contributed by atoms with Crippen molar-refractivity contribution in [3.8, 4) is 0 Å². The first-order chi connectivity index (χ1) is 11.5. The molecule has 2 aliphatic carbocycles. The minimum absolute atomic E-state index is 0.179. The number of amides is 3. The first kappa shape index (κ1) is 15.2. The van der Waals surface area contributed by atoms with Gasteiger partial charge in [0.25, 0.3) is 5.91 Å². The average molecular weight is 326 g/mol. The third-order valence-corrected chi connectivity index (χ3v) is 5.97. The van der Waals surface area contributed by atoms with E-state index in [1.165, 1.54) is 6.42 Å². The van der Waals surface area contributed by atoms with Gasteiger partial charge in [0, 0.05) is 18.8 Å². The molecule has 24 heavy (non-hydrogen) atoms. The molecule has 1 aliphatic heterocycles. The number of fused-ring (bicyclic) bond motifs is 5. The summed E-state index contributed by atoms with van der Waals surface area (Å²) >= 11 is 0. The van der Waals surface area contributed by atoms with Crippen molar-refractivity contribution in [2.45, 2.75) is 20.3 Å². The molecule has 4 rings (SSSR count). The van der Waals surface area contributed by atoms with Gasteiger partial charge in [-0.15, -0.1) is 0 Å². The quantitative estimate of drug-likeness (QED) is 0.611. The number of urea groups is 1. The lowest BCUT2D eigenvalue weighted by Gasteiger charge is -2.31. The van der Waals surface area contributed by atoms with E-state index in [1.807, 2.05) is 17.9 Å². The number of hydrogen-bond donors (Lipinski definition) is 2. The third kappa shape index (κ3) is 2.28. The van der Waals surface area contributed by atoms with Gasteiger partial charge in [0.05, 0.1) is 0 Å². The largest absolute Gasteiger partial charge is 0.336 e. The van der Waals surface area contributed by atoms with Crippen molar-refractivity contribution >= 4 is 11.9 Å². The number of nitrogens with one attached hydrogen (secondary N) is 2. The number of carbonyl (C=O) groups excluding carboxylic acids is 2.